The number of piperidine rings is 2. The van der Waals surface area contributed by atoms with Crippen molar-refractivity contribution in [2.24, 2.45) is 5.92 Å². The molecule has 5 aromatic rings. The molecule has 302 valence electrons. The number of fused-ring (bicyclic) bond motifs is 2. The van der Waals surface area contributed by atoms with Gasteiger partial charge in [-0.05, 0) is 118 Å². The molecule has 2 atom stereocenters. The molecular formula is C45H47N9O5. The average molecular weight is 794 g/mol. The number of carbonyl (C=O) groups is 4. The van der Waals surface area contributed by atoms with Gasteiger partial charge in [0.05, 0.1) is 22.6 Å². The summed E-state index contributed by atoms with van der Waals surface area (Å²) in [7, 11) is 0. The van der Waals surface area contributed by atoms with Gasteiger partial charge in [0.1, 0.15) is 35.4 Å². The minimum atomic E-state index is -0.952. The van der Waals surface area contributed by atoms with E-state index >= 15 is 0 Å². The number of nitrogens with one attached hydrogen (secondary N) is 1. The molecule has 14 nitrogen and oxygen atoms in total. The Kier molecular flexibility index (Phi) is 9.68. The molecule has 59 heavy (non-hydrogen) atoms. The highest BCUT2D eigenvalue weighted by Crippen LogP contribution is 2.38. The molecule has 0 radical (unpaired) electrons. The predicted octanol–water partition coefficient (Wildman–Crippen LogP) is 5.39. The number of carbonyl (C=O) groups excluding carboxylic acids is 4. The van der Waals surface area contributed by atoms with Crippen LogP contribution in [0.5, 0.6) is 11.5 Å². The summed E-state index contributed by atoms with van der Waals surface area (Å²) >= 11 is 0. The number of ether oxygens (including phenoxy) is 1. The topological polar surface area (TPSA) is 169 Å². The zero-order chi connectivity index (χ0) is 40.2. The van der Waals surface area contributed by atoms with Crippen LogP contribution in [0, 0.1) is 5.92 Å². The van der Waals surface area contributed by atoms with E-state index in [1.54, 1.807) is 6.07 Å². The summed E-state index contributed by atoms with van der Waals surface area (Å²) in [5, 5.41) is 8.22. The lowest BCUT2D eigenvalue weighted by Gasteiger charge is -2.48. The van der Waals surface area contributed by atoms with Crippen molar-refractivity contribution in [1.29, 1.82) is 0 Å². The van der Waals surface area contributed by atoms with Gasteiger partial charge in [-0.3, -0.25) is 39.2 Å². The highest BCUT2D eigenvalue weighted by atomic mass is 16.5. The Morgan fingerprint density at radius 3 is 2.24 bits per heavy atom. The van der Waals surface area contributed by atoms with Crippen molar-refractivity contribution < 1.29 is 23.9 Å². The highest BCUT2D eigenvalue weighted by molar-refractivity contribution is 6.23. The monoisotopic (exact) mass is 793 g/mol. The Balaban J connectivity index is 0.741. The average Bonchev–Trinajstić information content (AvgIpc) is 3.75. The molecule has 2 aromatic heterocycles. The number of hydrogen-bond acceptors (Lipinski definition) is 11. The van der Waals surface area contributed by atoms with Crippen molar-refractivity contribution in [1.82, 2.24) is 39.8 Å². The van der Waals surface area contributed by atoms with Gasteiger partial charge in [-0.15, -0.1) is 0 Å². The van der Waals surface area contributed by atoms with Gasteiger partial charge in [0.2, 0.25) is 11.8 Å². The highest BCUT2D eigenvalue weighted by Gasteiger charge is 2.45. The molecular weight excluding hydrogens is 747 g/mol. The first kappa shape index (κ1) is 37.3. The predicted molar refractivity (Wildman–Crippen MR) is 219 cm³/mol. The van der Waals surface area contributed by atoms with Crippen LogP contribution in [-0.2, 0) is 16.0 Å². The SMILES string of the molecule is Nc1ncnc2c1c(-c1ccc(Oc3ccccc3)cc1)nn2C1CCCN(C2CCC(N3CC(Cc4ccc5c(c4)C(=O)N(C4CCC(=O)NC4=O)C5=O)C3)CC2)C1. The lowest BCUT2D eigenvalue weighted by Crippen LogP contribution is -2.55. The number of hydrogen-bond donors (Lipinski definition) is 2. The summed E-state index contributed by atoms with van der Waals surface area (Å²) in [6.07, 6.45) is 9.43. The molecule has 0 bridgehead atoms. The van der Waals surface area contributed by atoms with Crippen LogP contribution in [0.15, 0.2) is 79.1 Å². The number of nitrogen functional groups attached to an aromatic ring is 1. The molecule has 1 saturated carbocycles. The summed E-state index contributed by atoms with van der Waals surface area (Å²) in [6, 6.07) is 23.5. The maximum absolute atomic E-state index is 13.3. The van der Waals surface area contributed by atoms with Crippen LogP contribution in [0.25, 0.3) is 22.3 Å². The number of rotatable bonds is 9. The van der Waals surface area contributed by atoms with Gasteiger partial charge in [-0.2, -0.15) is 5.10 Å². The van der Waals surface area contributed by atoms with E-state index in [0.717, 1.165) is 89.7 Å². The van der Waals surface area contributed by atoms with Gasteiger partial charge in [0.15, 0.2) is 5.65 Å². The van der Waals surface area contributed by atoms with Gasteiger partial charge in [0, 0.05) is 43.7 Å². The van der Waals surface area contributed by atoms with E-state index in [9.17, 15) is 19.2 Å². The number of nitrogens with zero attached hydrogens (tertiary/aromatic N) is 7. The minimum absolute atomic E-state index is 0.106. The Hall–Kier alpha value is -5.99. The van der Waals surface area contributed by atoms with E-state index in [2.05, 4.69) is 24.8 Å². The largest absolute Gasteiger partial charge is 0.457 e. The third-order valence-corrected chi connectivity index (χ3v) is 13.1. The second-order valence-corrected chi connectivity index (χ2v) is 16.8. The fraction of sp³-hybridized carbons (Fsp3) is 0.400. The van der Waals surface area contributed by atoms with Crippen molar-refractivity contribution in [3.05, 3.63) is 95.8 Å². The van der Waals surface area contributed by atoms with Crippen LogP contribution in [0.2, 0.25) is 0 Å². The molecule has 5 aliphatic rings. The van der Waals surface area contributed by atoms with Crippen LogP contribution in [0.4, 0.5) is 5.82 Å². The second kappa shape index (κ2) is 15.3. The number of likely N-dealkylation sites (tertiary alicyclic amines) is 2. The van der Waals surface area contributed by atoms with E-state index in [1.165, 1.54) is 32.0 Å². The number of aromatic nitrogens is 4. The number of amides is 4. The molecule has 3 N–H and O–H groups in total. The quantitative estimate of drug-likeness (QED) is 0.184. The number of imide groups is 2. The maximum Gasteiger partial charge on any atom is 0.262 e. The minimum Gasteiger partial charge on any atom is -0.457 e. The van der Waals surface area contributed by atoms with Gasteiger partial charge < -0.3 is 10.5 Å². The summed E-state index contributed by atoms with van der Waals surface area (Å²) < 4.78 is 8.12. The van der Waals surface area contributed by atoms with Crippen molar-refractivity contribution in [2.45, 2.75) is 82.0 Å². The van der Waals surface area contributed by atoms with E-state index in [0.29, 0.717) is 34.9 Å². The van der Waals surface area contributed by atoms with Gasteiger partial charge in [0.25, 0.3) is 11.8 Å². The molecule has 3 saturated heterocycles. The van der Waals surface area contributed by atoms with Crippen LogP contribution in [-0.4, -0.2) is 102 Å². The molecule has 1 aliphatic carbocycles. The molecule has 4 fully saturated rings. The van der Waals surface area contributed by atoms with Crippen LogP contribution >= 0.6 is 0 Å². The Morgan fingerprint density at radius 1 is 0.746 bits per heavy atom. The number of para-hydroxylation sites is 1. The molecule has 4 amide bonds. The Morgan fingerprint density at radius 2 is 1.47 bits per heavy atom. The summed E-state index contributed by atoms with van der Waals surface area (Å²) in [4.78, 5) is 65.9. The fourth-order valence-corrected chi connectivity index (χ4v) is 10.1. The zero-order valence-electron chi connectivity index (χ0n) is 32.8. The lowest BCUT2D eigenvalue weighted by molar-refractivity contribution is -0.136. The lowest BCUT2D eigenvalue weighted by atomic mass is 9.83. The van der Waals surface area contributed by atoms with E-state index in [-0.39, 0.29) is 24.8 Å². The summed E-state index contributed by atoms with van der Waals surface area (Å²) in [6.45, 7) is 4.06. The Bertz CT molecular complexity index is 2440. The van der Waals surface area contributed by atoms with Gasteiger partial charge in [-0.25, -0.2) is 14.6 Å². The van der Waals surface area contributed by atoms with Crippen LogP contribution in [0.1, 0.15) is 83.7 Å². The van der Waals surface area contributed by atoms with Crippen molar-refractivity contribution >= 4 is 40.5 Å². The van der Waals surface area contributed by atoms with Gasteiger partial charge >= 0.3 is 0 Å². The standard InChI is InChI=1S/C45H47N9O5/c46-41-39-40(29-9-15-34(16-10-29)59-33-6-2-1-3-7-33)50-54(42(39)48-26-47-41)32-5-4-20-51(25-32)30-11-13-31(14-12-30)52-23-28(24-52)21-27-8-17-35-36(22-27)45(58)53(44(35)57)37-18-19-38(55)49-43(37)56/h1-3,6-10,15-17,22,26,28,30-32,37H,4-5,11-14,18-21,23-25H2,(H2,46,47,48)(H,49,55,56). The second-order valence-electron chi connectivity index (χ2n) is 16.8. The third-order valence-electron chi connectivity index (χ3n) is 13.1. The van der Waals surface area contributed by atoms with Crippen LogP contribution < -0.4 is 15.8 Å². The summed E-state index contributed by atoms with van der Waals surface area (Å²) in [5.74, 6) is 0.555. The third kappa shape index (κ3) is 7.03. The number of benzene rings is 3. The Labute approximate surface area is 341 Å². The molecule has 10 rings (SSSR count). The maximum atomic E-state index is 13.3. The number of anilines is 1. The van der Waals surface area contributed by atoms with Crippen molar-refractivity contribution in [3.63, 3.8) is 0 Å². The molecule has 14 heteroatoms. The molecule has 3 aromatic carbocycles. The smallest absolute Gasteiger partial charge is 0.262 e. The number of nitrogens with two attached hydrogens (primary N) is 1. The normalized spacial score (nSPS) is 24.3. The first-order valence-electron chi connectivity index (χ1n) is 20.9. The van der Waals surface area contributed by atoms with Gasteiger partial charge in [-0.1, -0.05) is 24.3 Å². The first-order chi connectivity index (χ1) is 28.8. The molecule has 6 heterocycles. The van der Waals surface area contributed by atoms with E-state index in [1.807, 2.05) is 66.7 Å². The van der Waals surface area contributed by atoms with E-state index < -0.39 is 23.8 Å². The van der Waals surface area contributed by atoms with Crippen molar-refractivity contribution in [3.8, 4) is 22.8 Å². The molecule has 2 unspecified atom stereocenters. The zero-order valence-corrected chi connectivity index (χ0v) is 32.8. The molecule has 0 spiro atoms. The van der Waals surface area contributed by atoms with Crippen molar-refractivity contribution in [2.75, 3.05) is 31.9 Å². The summed E-state index contributed by atoms with van der Waals surface area (Å²) in [5.41, 5.74) is 10.7. The molecule has 4 aliphatic heterocycles. The van der Waals surface area contributed by atoms with E-state index in [4.69, 9.17) is 20.6 Å². The van der Waals surface area contributed by atoms with Crippen LogP contribution in [0.3, 0.4) is 0 Å². The fourth-order valence-electron chi connectivity index (χ4n) is 10.1. The first-order valence-corrected chi connectivity index (χ1v) is 20.9.